The van der Waals surface area contributed by atoms with E-state index in [0.29, 0.717) is 18.3 Å². The van der Waals surface area contributed by atoms with Gasteiger partial charge in [-0.05, 0) is 50.5 Å². The molecule has 2 rings (SSSR count). The number of piperidine rings is 2. The second kappa shape index (κ2) is 7.07. The Morgan fingerprint density at radius 3 is 2.85 bits per heavy atom. The predicted octanol–water partition coefficient (Wildman–Crippen LogP) is 1.48. The van der Waals surface area contributed by atoms with E-state index in [-0.39, 0.29) is 18.4 Å². The summed E-state index contributed by atoms with van der Waals surface area (Å²) in [6, 6.07) is -0.0306. The van der Waals surface area contributed by atoms with Crippen LogP contribution in [0.5, 0.6) is 0 Å². The lowest BCUT2D eigenvalue weighted by atomic mass is 9.90. The molecule has 3 atom stereocenters. The van der Waals surface area contributed by atoms with E-state index in [9.17, 15) is 9.59 Å². The number of nitrogens with zero attached hydrogens (tertiary/aromatic N) is 1. The van der Waals surface area contributed by atoms with Crippen LogP contribution in [0.2, 0.25) is 0 Å². The molecule has 114 valence electrons. The summed E-state index contributed by atoms with van der Waals surface area (Å²) in [5, 5.41) is 12.1. The topological polar surface area (TPSA) is 69.6 Å². The van der Waals surface area contributed by atoms with Crippen molar-refractivity contribution < 1.29 is 14.7 Å². The maximum atomic E-state index is 12.5. The summed E-state index contributed by atoms with van der Waals surface area (Å²) < 4.78 is 0. The lowest BCUT2D eigenvalue weighted by Gasteiger charge is -2.37. The van der Waals surface area contributed by atoms with Gasteiger partial charge in [-0.2, -0.15) is 0 Å². The highest BCUT2D eigenvalue weighted by molar-refractivity contribution is 5.82. The summed E-state index contributed by atoms with van der Waals surface area (Å²) >= 11 is 0. The molecule has 2 fully saturated rings. The van der Waals surface area contributed by atoms with E-state index in [2.05, 4.69) is 12.2 Å². The molecule has 5 heteroatoms. The SMILES string of the molecule is CC1CCNC(C(=O)N2CCCC(CCC(=O)O)C2)C1. The monoisotopic (exact) mass is 282 g/mol. The van der Waals surface area contributed by atoms with Crippen molar-refractivity contribution in [2.45, 2.75) is 51.5 Å². The molecule has 0 bridgehead atoms. The van der Waals surface area contributed by atoms with E-state index in [1.165, 1.54) is 0 Å². The number of rotatable bonds is 4. The van der Waals surface area contributed by atoms with E-state index in [0.717, 1.165) is 45.3 Å². The molecule has 2 heterocycles. The zero-order valence-corrected chi connectivity index (χ0v) is 12.3. The highest BCUT2D eigenvalue weighted by atomic mass is 16.4. The first-order valence-corrected chi connectivity index (χ1v) is 7.80. The van der Waals surface area contributed by atoms with Crippen LogP contribution in [0.3, 0.4) is 0 Å². The number of nitrogens with one attached hydrogen (secondary N) is 1. The predicted molar refractivity (Wildman–Crippen MR) is 76.4 cm³/mol. The number of carboxylic acid groups (broad SMARTS) is 1. The van der Waals surface area contributed by atoms with Gasteiger partial charge in [0.2, 0.25) is 5.91 Å². The van der Waals surface area contributed by atoms with E-state index in [1.54, 1.807) is 0 Å². The maximum Gasteiger partial charge on any atom is 0.303 e. The van der Waals surface area contributed by atoms with Crippen molar-refractivity contribution in [3.05, 3.63) is 0 Å². The van der Waals surface area contributed by atoms with Crippen molar-refractivity contribution in [2.75, 3.05) is 19.6 Å². The van der Waals surface area contributed by atoms with E-state index >= 15 is 0 Å². The fourth-order valence-electron chi connectivity index (χ4n) is 3.34. The van der Waals surface area contributed by atoms with Crippen LogP contribution >= 0.6 is 0 Å². The number of carboxylic acids is 1. The van der Waals surface area contributed by atoms with Gasteiger partial charge in [-0.25, -0.2) is 0 Å². The van der Waals surface area contributed by atoms with Gasteiger partial charge in [0.25, 0.3) is 0 Å². The summed E-state index contributed by atoms with van der Waals surface area (Å²) in [6.45, 7) is 4.69. The minimum atomic E-state index is -0.740. The number of carbonyl (C=O) groups excluding carboxylic acids is 1. The van der Waals surface area contributed by atoms with Crippen LogP contribution in [-0.4, -0.2) is 47.6 Å². The normalized spacial score (nSPS) is 31.1. The van der Waals surface area contributed by atoms with Gasteiger partial charge in [0.05, 0.1) is 6.04 Å². The Morgan fingerprint density at radius 1 is 1.35 bits per heavy atom. The van der Waals surface area contributed by atoms with Crippen molar-refractivity contribution in [3.8, 4) is 0 Å². The molecule has 0 aromatic heterocycles. The van der Waals surface area contributed by atoms with E-state index in [4.69, 9.17) is 5.11 Å². The van der Waals surface area contributed by atoms with Gasteiger partial charge in [0.1, 0.15) is 0 Å². The van der Waals surface area contributed by atoms with Gasteiger partial charge in [-0.15, -0.1) is 0 Å². The molecule has 0 radical (unpaired) electrons. The number of carbonyl (C=O) groups is 2. The molecule has 0 aromatic rings. The fourth-order valence-corrected chi connectivity index (χ4v) is 3.34. The first kappa shape index (κ1) is 15.3. The summed E-state index contributed by atoms with van der Waals surface area (Å²) in [5.74, 6) is 0.440. The summed E-state index contributed by atoms with van der Waals surface area (Å²) in [4.78, 5) is 25.1. The smallest absolute Gasteiger partial charge is 0.303 e. The van der Waals surface area contributed by atoms with Crippen molar-refractivity contribution in [1.82, 2.24) is 10.2 Å². The highest BCUT2D eigenvalue weighted by Gasteiger charge is 2.31. The third kappa shape index (κ3) is 4.20. The molecular formula is C15H26N2O3. The van der Waals surface area contributed by atoms with Crippen LogP contribution in [0, 0.1) is 11.8 Å². The van der Waals surface area contributed by atoms with Crippen molar-refractivity contribution in [1.29, 1.82) is 0 Å². The van der Waals surface area contributed by atoms with Gasteiger partial charge in [0.15, 0.2) is 0 Å². The second-order valence-electron chi connectivity index (χ2n) is 6.36. The van der Waals surface area contributed by atoms with E-state index < -0.39 is 5.97 Å². The maximum absolute atomic E-state index is 12.5. The quantitative estimate of drug-likeness (QED) is 0.819. The summed E-state index contributed by atoms with van der Waals surface area (Å²) in [6.07, 6.45) is 5.02. The van der Waals surface area contributed by atoms with Crippen LogP contribution in [0.15, 0.2) is 0 Å². The van der Waals surface area contributed by atoms with Gasteiger partial charge < -0.3 is 15.3 Å². The average molecular weight is 282 g/mol. The van der Waals surface area contributed by atoms with Gasteiger partial charge >= 0.3 is 5.97 Å². The Labute approximate surface area is 120 Å². The van der Waals surface area contributed by atoms with Gasteiger partial charge in [0, 0.05) is 19.5 Å². The average Bonchev–Trinajstić information content (AvgIpc) is 2.44. The minimum Gasteiger partial charge on any atom is -0.481 e. The van der Waals surface area contributed by atoms with Crippen molar-refractivity contribution >= 4 is 11.9 Å². The Bertz CT molecular complexity index is 359. The van der Waals surface area contributed by atoms with Crippen LogP contribution < -0.4 is 5.32 Å². The van der Waals surface area contributed by atoms with E-state index in [1.807, 2.05) is 4.90 Å². The Kier molecular flexibility index (Phi) is 5.40. The highest BCUT2D eigenvalue weighted by Crippen LogP contribution is 2.23. The molecular weight excluding hydrogens is 256 g/mol. The molecule has 2 aliphatic rings. The van der Waals surface area contributed by atoms with Crippen LogP contribution in [-0.2, 0) is 9.59 Å². The molecule has 2 aliphatic heterocycles. The Morgan fingerprint density at radius 2 is 2.15 bits per heavy atom. The number of aliphatic carboxylic acids is 1. The third-order valence-corrected chi connectivity index (χ3v) is 4.56. The zero-order chi connectivity index (χ0) is 14.5. The molecule has 1 amide bonds. The lowest BCUT2D eigenvalue weighted by molar-refractivity contribution is -0.137. The molecule has 0 aromatic carbocycles. The molecule has 3 unspecified atom stereocenters. The summed E-state index contributed by atoms with van der Waals surface area (Å²) in [5.41, 5.74) is 0. The number of hydrogen-bond donors (Lipinski definition) is 2. The first-order chi connectivity index (χ1) is 9.56. The van der Waals surface area contributed by atoms with Gasteiger partial charge in [-0.1, -0.05) is 6.92 Å². The number of hydrogen-bond acceptors (Lipinski definition) is 3. The van der Waals surface area contributed by atoms with Crippen LogP contribution in [0.1, 0.15) is 45.4 Å². The fraction of sp³-hybridized carbons (Fsp3) is 0.867. The molecule has 0 saturated carbocycles. The second-order valence-corrected chi connectivity index (χ2v) is 6.36. The first-order valence-electron chi connectivity index (χ1n) is 7.80. The largest absolute Gasteiger partial charge is 0.481 e. The van der Waals surface area contributed by atoms with Crippen molar-refractivity contribution in [2.24, 2.45) is 11.8 Å². The molecule has 2 saturated heterocycles. The van der Waals surface area contributed by atoms with Gasteiger partial charge in [-0.3, -0.25) is 9.59 Å². The van der Waals surface area contributed by atoms with Crippen LogP contribution in [0.4, 0.5) is 0 Å². The van der Waals surface area contributed by atoms with Crippen LogP contribution in [0.25, 0.3) is 0 Å². The minimum absolute atomic E-state index is 0.0306. The summed E-state index contributed by atoms with van der Waals surface area (Å²) in [7, 11) is 0. The number of amides is 1. The molecule has 5 nitrogen and oxygen atoms in total. The molecule has 0 aliphatic carbocycles. The standard InChI is InChI=1S/C15H26N2O3/c1-11-6-7-16-13(9-11)15(20)17-8-2-3-12(10-17)4-5-14(18)19/h11-13,16H,2-10H2,1H3,(H,18,19). The van der Waals surface area contributed by atoms with Crippen molar-refractivity contribution in [3.63, 3.8) is 0 Å². The molecule has 20 heavy (non-hydrogen) atoms. The Hall–Kier alpha value is -1.10. The zero-order valence-electron chi connectivity index (χ0n) is 12.3. The molecule has 0 spiro atoms. The number of likely N-dealkylation sites (tertiary alicyclic amines) is 1. The Balaban J connectivity index is 1.84. The third-order valence-electron chi connectivity index (χ3n) is 4.56. The molecule has 2 N–H and O–H groups in total. The lowest BCUT2D eigenvalue weighted by Crippen LogP contribution is -2.52.